The summed E-state index contributed by atoms with van der Waals surface area (Å²) in [6, 6.07) is 8.19. The average Bonchev–Trinajstić information content (AvgIpc) is 3.05. The Morgan fingerprint density at radius 1 is 1.20 bits per heavy atom. The van der Waals surface area contributed by atoms with Gasteiger partial charge >= 0.3 is 0 Å². The van der Waals surface area contributed by atoms with Gasteiger partial charge in [-0.05, 0) is 24.0 Å². The molecule has 0 N–H and O–H groups in total. The van der Waals surface area contributed by atoms with E-state index < -0.39 is 0 Å². The summed E-state index contributed by atoms with van der Waals surface area (Å²) in [6.07, 6.45) is 4.84. The van der Waals surface area contributed by atoms with Crippen LogP contribution in [0.3, 0.4) is 0 Å². The van der Waals surface area contributed by atoms with Gasteiger partial charge in [-0.3, -0.25) is 0 Å². The van der Waals surface area contributed by atoms with E-state index in [0.717, 1.165) is 5.92 Å². The Hall–Kier alpha value is -1.04. The van der Waals surface area contributed by atoms with Gasteiger partial charge in [-0.1, -0.05) is 70.5 Å². The molecule has 0 aliphatic heterocycles. The Kier molecular flexibility index (Phi) is 7.71. The van der Waals surface area contributed by atoms with E-state index in [0.29, 0.717) is 0 Å². The van der Waals surface area contributed by atoms with Crippen LogP contribution in [-0.4, -0.2) is 0 Å². The molecule has 1 aliphatic rings. The van der Waals surface area contributed by atoms with Gasteiger partial charge in [-0.15, -0.1) is 0 Å². The standard InChI is InChI=1S/C9H10.C4H8.C2H6/c1-3-9-7-5-4-6-8(9)2;1-4-2-3-4;1-2/h3-7H,1H2,2H3;4H,2-3H2,1H3;1-2H3. The molecule has 1 fully saturated rings. The highest BCUT2D eigenvalue weighted by Gasteiger charge is 2.12. The second-order valence-corrected chi connectivity index (χ2v) is 3.74. The van der Waals surface area contributed by atoms with Gasteiger partial charge in [-0.25, -0.2) is 0 Å². The molecule has 0 radical (unpaired) electrons. The quantitative estimate of drug-likeness (QED) is 0.598. The van der Waals surface area contributed by atoms with Crippen molar-refractivity contribution < 1.29 is 0 Å². The van der Waals surface area contributed by atoms with Crippen LogP contribution in [0, 0.1) is 12.8 Å². The molecule has 0 saturated heterocycles. The molecule has 0 heteroatoms. The molecule has 0 atom stereocenters. The van der Waals surface area contributed by atoms with Crippen LogP contribution in [0.15, 0.2) is 30.8 Å². The van der Waals surface area contributed by atoms with Crippen molar-refractivity contribution in [1.82, 2.24) is 0 Å². The predicted octanol–water partition coefficient (Wildman–Crippen LogP) is 5.08. The molecule has 0 bridgehead atoms. The fourth-order valence-corrected chi connectivity index (χ4v) is 0.982. The Morgan fingerprint density at radius 3 is 1.93 bits per heavy atom. The lowest BCUT2D eigenvalue weighted by Gasteiger charge is -1.95. The lowest BCUT2D eigenvalue weighted by molar-refractivity contribution is 0.983. The molecular formula is C15H24. The molecule has 2 rings (SSSR count). The van der Waals surface area contributed by atoms with Gasteiger partial charge in [0.2, 0.25) is 0 Å². The summed E-state index contributed by atoms with van der Waals surface area (Å²) >= 11 is 0. The van der Waals surface area contributed by atoms with Crippen LogP contribution >= 0.6 is 0 Å². The maximum absolute atomic E-state index is 3.69. The van der Waals surface area contributed by atoms with E-state index in [9.17, 15) is 0 Å². The molecule has 1 saturated carbocycles. The SMILES string of the molecule is C=Cc1ccccc1C.CC.CC1CC1. The van der Waals surface area contributed by atoms with Crippen LogP contribution in [0.1, 0.15) is 44.7 Å². The summed E-state index contributed by atoms with van der Waals surface area (Å²) in [4.78, 5) is 0. The first kappa shape index (κ1) is 14.0. The number of aryl methyl sites for hydroxylation is 1. The Labute approximate surface area is 95.0 Å². The fraction of sp³-hybridized carbons (Fsp3) is 0.467. The smallest absolute Gasteiger partial charge is 0.0233 e. The Balaban J connectivity index is 0.000000272. The van der Waals surface area contributed by atoms with Crippen LogP contribution in [-0.2, 0) is 0 Å². The van der Waals surface area contributed by atoms with Crippen LogP contribution in [0.25, 0.3) is 6.08 Å². The summed E-state index contributed by atoms with van der Waals surface area (Å²) in [5, 5.41) is 0. The van der Waals surface area contributed by atoms with Crippen LogP contribution < -0.4 is 0 Å². The van der Waals surface area contributed by atoms with Crippen LogP contribution in [0.2, 0.25) is 0 Å². The van der Waals surface area contributed by atoms with E-state index in [-0.39, 0.29) is 0 Å². The van der Waals surface area contributed by atoms with Crippen molar-refractivity contribution in [2.24, 2.45) is 5.92 Å². The second kappa shape index (κ2) is 8.28. The molecule has 0 aromatic heterocycles. The van der Waals surface area contributed by atoms with E-state index >= 15 is 0 Å². The van der Waals surface area contributed by atoms with Gasteiger partial charge in [0.1, 0.15) is 0 Å². The van der Waals surface area contributed by atoms with Crippen molar-refractivity contribution in [1.29, 1.82) is 0 Å². The summed E-state index contributed by atoms with van der Waals surface area (Å²) in [5.41, 5.74) is 2.50. The molecule has 1 aromatic carbocycles. The fourth-order valence-electron chi connectivity index (χ4n) is 0.982. The van der Waals surface area contributed by atoms with Gasteiger partial charge in [-0.2, -0.15) is 0 Å². The monoisotopic (exact) mass is 204 g/mol. The zero-order chi connectivity index (χ0) is 11.7. The summed E-state index contributed by atoms with van der Waals surface area (Å²) in [5.74, 6) is 1.08. The highest BCUT2D eigenvalue weighted by molar-refractivity contribution is 5.50. The number of rotatable bonds is 1. The molecule has 0 spiro atoms. The average molecular weight is 204 g/mol. The van der Waals surface area contributed by atoms with E-state index in [1.165, 1.54) is 24.0 Å². The minimum atomic E-state index is 1.08. The van der Waals surface area contributed by atoms with E-state index in [1.807, 2.05) is 32.1 Å². The topological polar surface area (TPSA) is 0 Å². The maximum Gasteiger partial charge on any atom is -0.0233 e. The van der Waals surface area contributed by atoms with Crippen molar-refractivity contribution in [3.05, 3.63) is 42.0 Å². The van der Waals surface area contributed by atoms with Crippen molar-refractivity contribution in [2.75, 3.05) is 0 Å². The molecule has 1 aromatic rings. The minimum Gasteiger partial charge on any atom is -0.0985 e. The normalized spacial score (nSPS) is 12.8. The largest absolute Gasteiger partial charge is 0.0985 e. The third kappa shape index (κ3) is 6.96. The van der Waals surface area contributed by atoms with E-state index in [1.54, 1.807) is 0 Å². The number of benzene rings is 1. The molecule has 0 heterocycles. The summed E-state index contributed by atoms with van der Waals surface area (Å²) < 4.78 is 0. The van der Waals surface area contributed by atoms with Gasteiger partial charge in [0, 0.05) is 0 Å². The van der Waals surface area contributed by atoms with E-state index in [4.69, 9.17) is 0 Å². The number of hydrogen-bond acceptors (Lipinski definition) is 0. The van der Waals surface area contributed by atoms with Crippen molar-refractivity contribution in [2.45, 2.75) is 40.5 Å². The van der Waals surface area contributed by atoms with Crippen molar-refractivity contribution >= 4 is 6.08 Å². The van der Waals surface area contributed by atoms with E-state index in [2.05, 4.69) is 32.6 Å². The van der Waals surface area contributed by atoms with Gasteiger partial charge < -0.3 is 0 Å². The van der Waals surface area contributed by atoms with Crippen molar-refractivity contribution in [3.8, 4) is 0 Å². The maximum atomic E-state index is 3.69. The van der Waals surface area contributed by atoms with Gasteiger partial charge in [0.15, 0.2) is 0 Å². The molecular weight excluding hydrogens is 180 g/mol. The van der Waals surface area contributed by atoms with Crippen LogP contribution in [0.5, 0.6) is 0 Å². The Bertz CT molecular complexity index is 269. The number of hydrogen-bond donors (Lipinski definition) is 0. The molecule has 15 heavy (non-hydrogen) atoms. The minimum absolute atomic E-state index is 1.08. The lowest BCUT2D eigenvalue weighted by Crippen LogP contribution is -1.75. The van der Waals surface area contributed by atoms with Crippen LogP contribution in [0.4, 0.5) is 0 Å². The highest BCUT2D eigenvalue weighted by Crippen LogP contribution is 2.26. The lowest BCUT2D eigenvalue weighted by atomic mass is 10.1. The van der Waals surface area contributed by atoms with Crippen molar-refractivity contribution in [3.63, 3.8) is 0 Å². The first-order valence-electron chi connectivity index (χ1n) is 5.92. The molecule has 84 valence electrons. The van der Waals surface area contributed by atoms with Gasteiger partial charge in [0.25, 0.3) is 0 Å². The van der Waals surface area contributed by atoms with Gasteiger partial charge in [0.05, 0.1) is 0 Å². The molecule has 0 unspecified atom stereocenters. The predicted molar refractivity (Wildman–Crippen MR) is 71.0 cm³/mol. The molecule has 0 amide bonds. The second-order valence-electron chi connectivity index (χ2n) is 3.74. The third-order valence-electron chi connectivity index (χ3n) is 2.27. The highest BCUT2D eigenvalue weighted by atomic mass is 14.2. The molecule has 1 aliphatic carbocycles. The summed E-state index contributed by atoms with van der Waals surface area (Å²) in [7, 11) is 0. The first-order valence-corrected chi connectivity index (χ1v) is 5.92. The third-order valence-corrected chi connectivity index (χ3v) is 2.27. The Morgan fingerprint density at radius 2 is 1.67 bits per heavy atom. The first-order chi connectivity index (χ1) is 7.24. The molecule has 0 nitrogen and oxygen atoms in total. The summed E-state index contributed by atoms with van der Waals surface area (Å²) in [6.45, 7) is 12.0. The zero-order valence-electron chi connectivity index (χ0n) is 10.6. The zero-order valence-corrected chi connectivity index (χ0v) is 10.6.